The van der Waals surface area contributed by atoms with E-state index in [4.69, 9.17) is 0 Å². The second kappa shape index (κ2) is 24.7. The SMILES string of the molecule is c1ccc2c(c1)-c1cc(-c3ccc4sc5ccccc5c4c3)ccc1C21c2ccccc2-c2cc(-c3ccc4c(c3)c3ccccc3n4-c3ccc4c(c3)-c3ccccc3C43c4ccccc4-c4c(-c5ccc6c(c5)c5ccccc5n6-c5ccc6c(c5)-c5cc(-n7c8ccccc8c8ccccc87)ccc5C65c6ccccc6-c6ccccc65)cccc43)ccc21. The van der Waals surface area contributed by atoms with Crippen molar-refractivity contribution in [3.63, 3.8) is 0 Å². The van der Waals surface area contributed by atoms with Crippen molar-refractivity contribution in [1.29, 1.82) is 0 Å². The van der Waals surface area contributed by atoms with Crippen molar-refractivity contribution in [3.05, 3.63) is 497 Å². The van der Waals surface area contributed by atoms with E-state index in [9.17, 15) is 0 Å². The fraction of sp³-hybridized carbons (Fsp3) is 0.0244. The van der Waals surface area contributed by atoms with Crippen molar-refractivity contribution in [2.75, 3.05) is 0 Å². The minimum absolute atomic E-state index is 0.472. The lowest BCUT2D eigenvalue weighted by Crippen LogP contribution is -2.25. The molecule has 4 heteroatoms. The number of benzene rings is 20. The Kier molecular flexibility index (Phi) is 13.3. The van der Waals surface area contributed by atoms with Gasteiger partial charge in [0.05, 0.1) is 49.3 Å². The Morgan fingerprint density at radius 3 is 0.874 bits per heavy atom. The standard InChI is InChI=1S/C123H71N3S/c1-12-36-100-81(24-1)82-25-2-13-37-101(82)121(100)109-59-54-78(124-112-43-18-7-29-86(112)87-30-8-19-44-113(87)124)70-95(109)96-71-79(55-60-110(96)121)126-115-46-21-10-32-89(115)98-68-76(51-62-117(98)126)80-35-23-42-111-120(80)91-34-6-17-41-105(91)123(111)104-40-16-5-28-85(104)94-69-77(53-58-108(94)123)125-114-45-20-9-31-88(114)97-66-74(50-61-116(97)125)72-48-56-106-92(64-72)83-26-3-14-38-102(83)122(106)103-39-15-4-27-84(103)93-65-73(49-57-107(93)122)75-52-63-119-99(67-75)90-33-11-22-47-118(90)127-119/h1-71H. The van der Waals surface area contributed by atoms with E-state index in [1.165, 1.54) is 252 Å². The van der Waals surface area contributed by atoms with Gasteiger partial charge in [0.1, 0.15) is 0 Å². The van der Waals surface area contributed by atoms with Gasteiger partial charge < -0.3 is 13.7 Å². The van der Waals surface area contributed by atoms with E-state index in [1.54, 1.807) is 0 Å². The van der Waals surface area contributed by atoms with Gasteiger partial charge in [-0.25, -0.2) is 0 Å². The number of thiophene rings is 1. The second-order valence-electron chi connectivity index (χ2n) is 35.8. The maximum Gasteiger partial charge on any atom is 0.0725 e. The highest BCUT2D eigenvalue weighted by atomic mass is 32.1. The van der Waals surface area contributed by atoms with Crippen molar-refractivity contribution in [2.24, 2.45) is 0 Å². The maximum atomic E-state index is 2.53. The Bertz CT molecular complexity index is 9040. The van der Waals surface area contributed by atoms with Gasteiger partial charge in [-0.15, -0.1) is 11.3 Å². The summed E-state index contributed by atoms with van der Waals surface area (Å²) < 4.78 is 10.2. The van der Waals surface area contributed by atoms with Crippen LogP contribution in [-0.2, 0) is 16.2 Å². The molecule has 0 bridgehead atoms. The van der Waals surface area contributed by atoms with Crippen molar-refractivity contribution >= 4 is 96.9 Å². The molecule has 3 spiro atoms. The molecule has 0 fully saturated rings. The number of hydrogen-bond acceptors (Lipinski definition) is 1. The molecular formula is C123H71N3S. The third-order valence-corrected chi connectivity index (χ3v) is 31.4. The third-order valence-electron chi connectivity index (χ3n) is 30.3. The fourth-order valence-corrected chi connectivity index (χ4v) is 26.5. The lowest BCUT2D eigenvalue weighted by Gasteiger charge is -2.30. The number of hydrogen-bond donors (Lipinski definition) is 0. The van der Waals surface area contributed by atoms with Gasteiger partial charge in [0, 0.05) is 69.6 Å². The van der Waals surface area contributed by atoms with E-state index in [-0.39, 0.29) is 0 Å². The topological polar surface area (TPSA) is 14.8 Å². The Hall–Kier alpha value is -16.0. The van der Waals surface area contributed by atoms with Crippen LogP contribution in [-0.4, -0.2) is 13.7 Å². The Morgan fingerprint density at radius 1 is 0.150 bits per heavy atom. The van der Waals surface area contributed by atoms with Crippen LogP contribution in [0.15, 0.2) is 431 Å². The molecule has 6 aliphatic carbocycles. The largest absolute Gasteiger partial charge is 0.309 e. The highest BCUT2D eigenvalue weighted by molar-refractivity contribution is 7.25. The van der Waals surface area contributed by atoms with Crippen molar-refractivity contribution in [2.45, 2.75) is 16.2 Å². The highest BCUT2D eigenvalue weighted by Crippen LogP contribution is 2.68. The first-order chi connectivity index (χ1) is 63.0. The fourth-order valence-electron chi connectivity index (χ4n) is 25.4. The first-order valence-electron chi connectivity index (χ1n) is 44.4. The maximum absolute atomic E-state index is 2.53. The molecule has 24 aromatic rings. The molecule has 2 unspecified atom stereocenters. The minimum Gasteiger partial charge on any atom is -0.309 e. The molecule has 0 saturated carbocycles. The first kappa shape index (κ1) is 68.5. The summed E-state index contributed by atoms with van der Waals surface area (Å²) in [4.78, 5) is 0. The van der Waals surface area contributed by atoms with E-state index in [0.717, 1.165) is 17.1 Å². The number of fused-ring (bicyclic) bond motifs is 42. The van der Waals surface area contributed by atoms with Gasteiger partial charge in [0.2, 0.25) is 0 Å². The predicted octanol–water partition coefficient (Wildman–Crippen LogP) is 31.4. The monoisotopic (exact) mass is 1620 g/mol. The molecule has 3 nitrogen and oxygen atoms in total. The molecule has 20 aromatic carbocycles. The smallest absolute Gasteiger partial charge is 0.0725 e. The van der Waals surface area contributed by atoms with Gasteiger partial charge in [-0.05, 0) is 282 Å². The molecule has 2 atom stereocenters. The molecule has 0 saturated heterocycles. The van der Waals surface area contributed by atoms with Crippen LogP contribution in [0.5, 0.6) is 0 Å². The molecule has 0 N–H and O–H groups in total. The van der Waals surface area contributed by atoms with Crippen LogP contribution < -0.4 is 0 Å². The first-order valence-corrected chi connectivity index (χ1v) is 45.2. The molecule has 584 valence electrons. The second-order valence-corrected chi connectivity index (χ2v) is 36.9. The summed E-state index contributed by atoms with van der Waals surface area (Å²) in [5.74, 6) is 0. The molecule has 127 heavy (non-hydrogen) atoms. The number of aromatic nitrogens is 3. The normalized spacial score (nSPS) is 15.7. The van der Waals surface area contributed by atoms with E-state index in [2.05, 4.69) is 444 Å². The summed E-state index contributed by atoms with van der Waals surface area (Å²) in [6, 6.07) is 165. The highest BCUT2D eigenvalue weighted by Gasteiger charge is 2.56. The van der Waals surface area contributed by atoms with Crippen molar-refractivity contribution in [1.82, 2.24) is 13.7 Å². The zero-order valence-electron chi connectivity index (χ0n) is 68.7. The average Bonchev–Trinajstić information content (AvgIpc) is 1.51. The summed E-state index contributed by atoms with van der Waals surface area (Å²) in [7, 11) is 0. The summed E-state index contributed by atoms with van der Waals surface area (Å²) in [6.07, 6.45) is 0. The van der Waals surface area contributed by atoms with Gasteiger partial charge in [0.25, 0.3) is 0 Å². The van der Waals surface area contributed by atoms with Crippen LogP contribution in [0.25, 0.3) is 203 Å². The number of rotatable bonds is 6. The minimum atomic E-state index is -0.583. The summed E-state index contributed by atoms with van der Waals surface area (Å²) in [5.41, 5.74) is 47.7. The summed E-state index contributed by atoms with van der Waals surface area (Å²) in [5, 5.41) is 10.1. The number of nitrogens with zero attached hydrogens (tertiary/aromatic N) is 3. The van der Waals surface area contributed by atoms with E-state index >= 15 is 0 Å². The number of para-hydroxylation sites is 4. The molecule has 6 aliphatic rings. The molecule has 0 amide bonds. The van der Waals surface area contributed by atoms with Crippen LogP contribution in [0.2, 0.25) is 0 Å². The predicted molar refractivity (Wildman–Crippen MR) is 528 cm³/mol. The van der Waals surface area contributed by atoms with Gasteiger partial charge >= 0.3 is 0 Å². The summed E-state index contributed by atoms with van der Waals surface area (Å²) >= 11 is 1.88. The molecular weight excluding hydrogens is 1550 g/mol. The molecule has 4 heterocycles. The quantitative estimate of drug-likeness (QED) is 0.158. The van der Waals surface area contributed by atoms with Gasteiger partial charge in [-0.2, -0.15) is 0 Å². The average molecular weight is 1620 g/mol. The lowest BCUT2D eigenvalue weighted by molar-refractivity contribution is 0.793. The van der Waals surface area contributed by atoms with Gasteiger partial charge in [-0.3, -0.25) is 0 Å². The third kappa shape index (κ3) is 8.57. The van der Waals surface area contributed by atoms with Crippen LogP contribution in [0.3, 0.4) is 0 Å². The molecule has 4 aromatic heterocycles. The van der Waals surface area contributed by atoms with Crippen LogP contribution >= 0.6 is 11.3 Å². The zero-order valence-corrected chi connectivity index (χ0v) is 69.6. The van der Waals surface area contributed by atoms with E-state index in [0.29, 0.717) is 0 Å². The molecule has 0 aliphatic heterocycles. The van der Waals surface area contributed by atoms with Crippen LogP contribution in [0.1, 0.15) is 66.8 Å². The molecule has 30 rings (SSSR count). The summed E-state index contributed by atoms with van der Waals surface area (Å²) in [6.45, 7) is 0. The van der Waals surface area contributed by atoms with Crippen molar-refractivity contribution in [3.8, 4) is 117 Å². The zero-order chi connectivity index (χ0) is 82.4. The molecule has 0 radical (unpaired) electrons. The Balaban J connectivity index is 0.531. The van der Waals surface area contributed by atoms with Gasteiger partial charge in [-0.1, -0.05) is 315 Å². The Morgan fingerprint density at radius 2 is 0.417 bits per heavy atom. The lowest BCUT2D eigenvalue weighted by atomic mass is 9.70. The van der Waals surface area contributed by atoms with Gasteiger partial charge in [0.15, 0.2) is 0 Å². The van der Waals surface area contributed by atoms with Crippen LogP contribution in [0.4, 0.5) is 0 Å². The van der Waals surface area contributed by atoms with E-state index in [1.807, 2.05) is 11.3 Å². The van der Waals surface area contributed by atoms with Crippen LogP contribution in [0, 0.1) is 0 Å². The van der Waals surface area contributed by atoms with Crippen molar-refractivity contribution < 1.29 is 0 Å². The Labute approximate surface area is 736 Å². The van der Waals surface area contributed by atoms with E-state index < -0.39 is 16.2 Å².